The Labute approximate surface area is 224 Å². The van der Waals surface area contributed by atoms with Crippen molar-refractivity contribution in [1.29, 1.82) is 0 Å². The third kappa shape index (κ3) is 12.7. The van der Waals surface area contributed by atoms with Gasteiger partial charge in [-0.15, -0.1) is 0 Å². The lowest BCUT2D eigenvalue weighted by molar-refractivity contribution is -0.121. The molecule has 0 aliphatic heterocycles. The molecule has 0 fully saturated rings. The summed E-state index contributed by atoms with van der Waals surface area (Å²) in [6, 6.07) is 16.2. The Morgan fingerprint density at radius 2 is 1.42 bits per heavy atom. The molecule has 0 bridgehead atoms. The summed E-state index contributed by atoms with van der Waals surface area (Å²) in [6.45, 7) is 1.74. The van der Waals surface area contributed by atoms with Crippen LogP contribution in [-0.4, -0.2) is 56.2 Å². The fourth-order valence-corrected chi connectivity index (χ4v) is 4.83. The van der Waals surface area contributed by atoms with Gasteiger partial charge in [0.05, 0.1) is 20.8 Å². The second kappa shape index (κ2) is 18.3. The van der Waals surface area contributed by atoms with E-state index in [1.54, 1.807) is 32.1 Å². The summed E-state index contributed by atoms with van der Waals surface area (Å²) in [5.74, 6) is 5.34. The number of amides is 1. The molecule has 0 aliphatic carbocycles. The molecule has 3 N–H and O–H groups in total. The molecule has 2 aromatic rings. The van der Waals surface area contributed by atoms with E-state index < -0.39 is 0 Å². The minimum Gasteiger partial charge on any atom is -0.497 e. The van der Waals surface area contributed by atoms with Crippen LogP contribution in [0.15, 0.2) is 85.2 Å². The second-order valence-corrected chi connectivity index (χ2v) is 9.94. The molecule has 1 amide bonds. The fraction of sp³-hybridized carbons (Fsp3) is 0.321. The van der Waals surface area contributed by atoms with Crippen LogP contribution in [0.4, 0.5) is 0 Å². The third-order valence-electron chi connectivity index (χ3n) is 5.03. The maximum absolute atomic E-state index is 12.5. The van der Waals surface area contributed by atoms with Crippen LogP contribution in [0.1, 0.15) is 11.1 Å². The average molecular weight is 528 g/mol. The Bertz CT molecular complexity index is 961. The van der Waals surface area contributed by atoms with Crippen LogP contribution in [0, 0.1) is 0 Å². The SMILES string of the molecule is COc1ccc(CSCCNC(=O)CN(\C=C/C=C/C=C\N)CCSCc2ccc(OC)cc2)cc1. The van der Waals surface area contributed by atoms with E-state index in [4.69, 9.17) is 15.2 Å². The lowest BCUT2D eigenvalue weighted by Gasteiger charge is -2.19. The zero-order chi connectivity index (χ0) is 25.8. The Balaban J connectivity index is 1.72. The van der Waals surface area contributed by atoms with Gasteiger partial charge >= 0.3 is 0 Å². The zero-order valence-electron chi connectivity index (χ0n) is 21.1. The molecule has 36 heavy (non-hydrogen) atoms. The smallest absolute Gasteiger partial charge is 0.239 e. The van der Waals surface area contributed by atoms with Crippen LogP contribution in [0.2, 0.25) is 0 Å². The Kier molecular flexibility index (Phi) is 14.9. The molecular formula is C28H37N3O3S2. The number of nitrogens with zero attached hydrogens (tertiary/aromatic N) is 1. The maximum atomic E-state index is 12.5. The number of hydrogen-bond donors (Lipinski definition) is 2. The number of carbonyl (C=O) groups is 1. The molecule has 6 nitrogen and oxygen atoms in total. The van der Waals surface area contributed by atoms with Gasteiger partial charge in [-0.2, -0.15) is 23.5 Å². The molecule has 0 saturated carbocycles. The third-order valence-corrected chi connectivity index (χ3v) is 7.07. The van der Waals surface area contributed by atoms with Crippen molar-refractivity contribution >= 4 is 29.4 Å². The molecular weight excluding hydrogens is 490 g/mol. The largest absolute Gasteiger partial charge is 0.497 e. The molecule has 0 atom stereocenters. The number of carbonyl (C=O) groups excluding carboxylic acids is 1. The van der Waals surface area contributed by atoms with Crippen molar-refractivity contribution in [2.45, 2.75) is 11.5 Å². The van der Waals surface area contributed by atoms with Gasteiger partial charge < -0.3 is 25.4 Å². The Morgan fingerprint density at radius 1 is 0.861 bits per heavy atom. The lowest BCUT2D eigenvalue weighted by atomic mass is 10.2. The fourth-order valence-electron chi connectivity index (χ4n) is 3.08. The van der Waals surface area contributed by atoms with Gasteiger partial charge in [0.15, 0.2) is 0 Å². The Morgan fingerprint density at radius 3 is 1.97 bits per heavy atom. The van der Waals surface area contributed by atoms with Crippen LogP contribution >= 0.6 is 23.5 Å². The van der Waals surface area contributed by atoms with Crippen molar-refractivity contribution in [3.8, 4) is 11.5 Å². The zero-order valence-corrected chi connectivity index (χ0v) is 22.7. The van der Waals surface area contributed by atoms with Crippen molar-refractivity contribution < 1.29 is 14.3 Å². The van der Waals surface area contributed by atoms with Crippen LogP contribution in [0.25, 0.3) is 0 Å². The van der Waals surface area contributed by atoms with Gasteiger partial charge in [0.25, 0.3) is 0 Å². The highest BCUT2D eigenvalue weighted by Crippen LogP contribution is 2.17. The molecule has 194 valence electrons. The predicted molar refractivity (Wildman–Crippen MR) is 155 cm³/mol. The van der Waals surface area contributed by atoms with Crippen molar-refractivity contribution in [3.05, 3.63) is 96.4 Å². The van der Waals surface area contributed by atoms with Gasteiger partial charge in [-0.3, -0.25) is 4.79 Å². The van der Waals surface area contributed by atoms with Crippen LogP contribution in [0.5, 0.6) is 11.5 Å². The van der Waals surface area contributed by atoms with E-state index in [-0.39, 0.29) is 5.91 Å². The number of methoxy groups -OCH3 is 2. The molecule has 2 rings (SSSR count). The van der Waals surface area contributed by atoms with Gasteiger partial charge in [0.2, 0.25) is 5.91 Å². The summed E-state index contributed by atoms with van der Waals surface area (Å²) in [6.07, 6.45) is 10.9. The molecule has 8 heteroatoms. The summed E-state index contributed by atoms with van der Waals surface area (Å²) < 4.78 is 10.4. The minimum atomic E-state index is 0.0238. The van der Waals surface area contributed by atoms with Gasteiger partial charge in [0, 0.05) is 36.1 Å². The minimum absolute atomic E-state index is 0.0238. The summed E-state index contributed by atoms with van der Waals surface area (Å²) in [5, 5.41) is 3.04. The van der Waals surface area contributed by atoms with Crippen molar-refractivity contribution in [1.82, 2.24) is 10.2 Å². The van der Waals surface area contributed by atoms with E-state index in [1.807, 2.05) is 65.4 Å². The number of ether oxygens (including phenoxy) is 2. The first-order chi connectivity index (χ1) is 17.6. The van der Waals surface area contributed by atoms with Crippen molar-refractivity contribution in [2.24, 2.45) is 5.73 Å². The van der Waals surface area contributed by atoms with Gasteiger partial charge in [-0.1, -0.05) is 36.4 Å². The number of nitrogens with one attached hydrogen (secondary N) is 1. The highest BCUT2D eigenvalue weighted by atomic mass is 32.2. The number of nitrogens with two attached hydrogens (primary N) is 1. The van der Waals surface area contributed by atoms with E-state index >= 15 is 0 Å². The Hall–Kier alpha value is -2.97. The van der Waals surface area contributed by atoms with Gasteiger partial charge in [-0.05, 0) is 59.9 Å². The number of allylic oxidation sites excluding steroid dienone is 4. The first-order valence-electron chi connectivity index (χ1n) is 11.8. The molecule has 0 aromatic heterocycles. The number of hydrogen-bond acceptors (Lipinski definition) is 7. The normalized spacial score (nSPS) is 11.4. The first-order valence-corrected chi connectivity index (χ1v) is 14.1. The lowest BCUT2D eigenvalue weighted by Crippen LogP contribution is -2.36. The van der Waals surface area contributed by atoms with E-state index in [1.165, 1.54) is 17.3 Å². The number of thioether (sulfide) groups is 2. The second-order valence-electron chi connectivity index (χ2n) is 7.73. The topological polar surface area (TPSA) is 76.8 Å². The molecule has 2 aromatic carbocycles. The summed E-state index contributed by atoms with van der Waals surface area (Å²) in [4.78, 5) is 14.6. The van der Waals surface area contributed by atoms with Crippen molar-refractivity contribution in [2.75, 3.05) is 45.4 Å². The predicted octanol–water partition coefficient (Wildman–Crippen LogP) is 4.83. The first kappa shape index (κ1) is 29.3. The highest BCUT2D eigenvalue weighted by molar-refractivity contribution is 7.98. The molecule has 0 aliphatic rings. The summed E-state index contributed by atoms with van der Waals surface area (Å²) >= 11 is 3.64. The highest BCUT2D eigenvalue weighted by Gasteiger charge is 2.07. The van der Waals surface area contributed by atoms with Gasteiger partial charge in [0.1, 0.15) is 11.5 Å². The summed E-state index contributed by atoms with van der Waals surface area (Å²) in [7, 11) is 3.34. The van der Waals surface area contributed by atoms with Crippen LogP contribution in [-0.2, 0) is 16.3 Å². The summed E-state index contributed by atoms with van der Waals surface area (Å²) in [5.41, 5.74) is 7.86. The van der Waals surface area contributed by atoms with E-state index in [0.29, 0.717) is 13.1 Å². The molecule has 0 spiro atoms. The monoisotopic (exact) mass is 527 g/mol. The number of rotatable bonds is 17. The quantitative estimate of drug-likeness (QED) is 0.225. The van der Waals surface area contributed by atoms with Gasteiger partial charge in [-0.25, -0.2) is 0 Å². The molecule has 0 saturated heterocycles. The molecule has 0 radical (unpaired) electrons. The molecule has 0 unspecified atom stereocenters. The van der Waals surface area contributed by atoms with E-state index in [9.17, 15) is 4.79 Å². The molecule has 0 heterocycles. The van der Waals surface area contributed by atoms with Crippen LogP contribution in [0.3, 0.4) is 0 Å². The average Bonchev–Trinajstić information content (AvgIpc) is 2.91. The van der Waals surface area contributed by atoms with Crippen molar-refractivity contribution in [3.63, 3.8) is 0 Å². The standard InChI is InChI=1S/C28H37N3O3S2/c1-33-26-11-7-24(8-12-26)22-35-19-16-30-28(32)21-31(17-6-4-3-5-15-29)18-20-36-23-25-9-13-27(34-2)14-10-25/h3-15,17H,16,18-23,29H2,1-2H3,(H,30,32)/b4-3+,15-5-,17-6-. The van der Waals surface area contributed by atoms with E-state index in [0.717, 1.165) is 41.1 Å². The number of benzene rings is 2. The maximum Gasteiger partial charge on any atom is 0.239 e. The van der Waals surface area contributed by atoms with E-state index in [2.05, 4.69) is 29.6 Å². The van der Waals surface area contributed by atoms with Crippen LogP contribution < -0.4 is 20.5 Å².